The molecule has 53 heavy (non-hydrogen) atoms. The number of carbonyl (C=O) groups excluding carboxylic acids is 1. The predicted molar refractivity (Wildman–Crippen MR) is 205 cm³/mol. The van der Waals surface area contributed by atoms with Gasteiger partial charge in [0.15, 0.2) is 0 Å². The number of carbonyl (C=O) groups is 1. The first-order valence-electron chi connectivity index (χ1n) is 14.1. The summed E-state index contributed by atoms with van der Waals surface area (Å²) in [5, 5.41) is 23.5. The van der Waals surface area contributed by atoms with Gasteiger partial charge in [-0.15, -0.1) is 0 Å². The second-order valence-corrected chi connectivity index (χ2v) is 11.0. The van der Waals surface area contributed by atoms with Gasteiger partial charge in [-0.25, -0.2) is 15.0 Å². The number of fused-ring (bicyclic) bond motifs is 3. The number of aromatic nitrogens is 3. The molecule has 6 rings (SSSR count). The van der Waals surface area contributed by atoms with Gasteiger partial charge < -0.3 is 30.9 Å². The van der Waals surface area contributed by atoms with Crippen LogP contribution < -0.4 is 191 Å². The van der Waals surface area contributed by atoms with Crippen molar-refractivity contribution in [1.29, 1.82) is 0 Å². The van der Waals surface area contributed by atoms with E-state index in [4.69, 9.17) is 42.7 Å². The largest absolute Gasteiger partial charge is 1.00 e. The summed E-state index contributed by atoms with van der Waals surface area (Å²) in [4.78, 5) is 22.8. The molecule has 0 atom stereocenters. The van der Waals surface area contributed by atoms with Crippen molar-refractivity contribution >= 4 is 84.6 Å². The normalized spacial score (nSPS) is 8.60. The van der Waals surface area contributed by atoms with E-state index >= 15 is 0 Å². The van der Waals surface area contributed by atoms with Crippen LogP contribution in [0.1, 0.15) is 37.1 Å². The molecule has 0 aliphatic heterocycles. The van der Waals surface area contributed by atoms with Crippen molar-refractivity contribution in [3.8, 4) is 17.2 Å². The standard InChI is InChI=1S/C11H10ClNO.C11H10FNO.C9H6ClNO.C2H5I.CH2O3.2CH4.Cs.FH.2K.H/c2*1-2-14-10-7-13-11(12)9-6-4-3-5-8(9)10;10-9-7-4-2-1-3-6(7)8(12)5-11-9;1-2-3;2-1-4-3;;;;;;;/h2*3-7H,2H2,1H3;1-5,12H;2H2,1H3;1,3H;2*1H4;;1H;;;/q;;;;;;;+1;;2*+1;-1/p-2. The van der Waals surface area contributed by atoms with Crippen molar-refractivity contribution in [3.05, 3.63) is 108 Å². The molecule has 0 aliphatic carbocycles. The Morgan fingerprint density at radius 1 is 0.736 bits per heavy atom. The maximum atomic E-state index is 13.2. The summed E-state index contributed by atoms with van der Waals surface area (Å²) < 4.78 is 25.3. The van der Waals surface area contributed by atoms with E-state index in [1.165, 1.54) is 16.8 Å². The van der Waals surface area contributed by atoms with E-state index in [9.17, 15) is 9.50 Å². The van der Waals surface area contributed by atoms with E-state index in [-0.39, 0.29) is 205 Å². The van der Waals surface area contributed by atoms with Gasteiger partial charge in [-0.05, 0) is 24.3 Å². The zero-order valence-corrected chi connectivity index (χ0v) is 45.3. The van der Waals surface area contributed by atoms with E-state index in [1.54, 1.807) is 24.4 Å². The van der Waals surface area contributed by atoms with Crippen LogP contribution in [0, 0.1) is 5.95 Å². The van der Waals surface area contributed by atoms with E-state index in [0.29, 0.717) is 34.7 Å². The second kappa shape index (κ2) is 37.5. The molecule has 9 nitrogen and oxygen atoms in total. The van der Waals surface area contributed by atoms with E-state index < -0.39 is 5.95 Å². The molecule has 0 radical (unpaired) electrons. The molecule has 17 heteroatoms. The minimum Gasteiger partial charge on any atom is -1.00 e. The van der Waals surface area contributed by atoms with Crippen molar-refractivity contribution in [2.45, 2.75) is 35.6 Å². The number of nitrogens with zero attached hydrogens (tertiary/aromatic N) is 3. The fraction of sp³-hybridized carbons (Fsp3) is 0.222. The van der Waals surface area contributed by atoms with Crippen molar-refractivity contribution in [1.82, 2.24) is 15.0 Å². The summed E-state index contributed by atoms with van der Waals surface area (Å²) in [7, 11) is 0. The number of aromatic hydroxyl groups is 1. The summed E-state index contributed by atoms with van der Waals surface area (Å²) in [6.07, 6.45) is 4.43. The summed E-state index contributed by atoms with van der Waals surface area (Å²) in [5.41, 5.74) is 0. The van der Waals surface area contributed by atoms with E-state index in [1.807, 2.05) is 68.4 Å². The minimum absolute atomic E-state index is 0. The van der Waals surface area contributed by atoms with Crippen LogP contribution in [0.5, 0.6) is 17.2 Å². The zero-order chi connectivity index (χ0) is 34.6. The third kappa shape index (κ3) is 21.7. The Balaban J connectivity index is -0.000000139. The number of hydrogen-bond acceptors (Lipinski definition) is 9. The summed E-state index contributed by atoms with van der Waals surface area (Å²) in [6, 6.07) is 22.3. The molecule has 274 valence electrons. The average Bonchev–Trinajstić information content (AvgIpc) is 3.10. The Morgan fingerprint density at radius 2 is 1.06 bits per heavy atom. The molecule has 0 unspecified atom stereocenters. The van der Waals surface area contributed by atoms with Crippen LogP contribution in [-0.4, -0.2) is 44.2 Å². The van der Waals surface area contributed by atoms with Gasteiger partial charge in [-0.2, -0.15) is 4.39 Å². The van der Waals surface area contributed by atoms with Crippen LogP contribution in [0.15, 0.2) is 91.4 Å². The van der Waals surface area contributed by atoms with E-state index in [2.05, 4.69) is 49.4 Å². The third-order valence-corrected chi connectivity index (χ3v) is 6.39. The van der Waals surface area contributed by atoms with Crippen molar-refractivity contribution in [2.24, 2.45) is 0 Å². The molecule has 3 aromatic heterocycles. The topological polar surface area (TPSA) is 127 Å². The van der Waals surface area contributed by atoms with Crippen LogP contribution >= 0.6 is 45.8 Å². The number of ether oxygens (including phenoxy) is 2. The van der Waals surface area contributed by atoms with Crippen molar-refractivity contribution in [3.63, 3.8) is 0 Å². The third-order valence-electron chi connectivity index (χ3n) is 5.78. The number of rotatable bonds is 5. The molecular formula is C36H41Cl2CsF2IK2N3O6. The van der Waals surface area contributed by atoms with Crippen molar-refractivity contribution < 1.29 is 212 Å². The van der Waals surface area contributed by atoms with Gasteiger partial charge in [0.25, 0.3) is 6.47 Å². The smallest absolute Gasteiger partial charge is 1.00 e. The van der Waals surface area contributed by atoms with E-state index in [0.717, 1.165) is 32.7 Å². The molecule has 0 saturated heterocycles. The minimum atomic E-state index is -0.455. The molecule has 0 saturated carbocycles. The van der Waals surface area contributed by atoms with Gasteiger partial charge >= 0.3 is 172 Å². The maximum absolute atomic E-state index is 13.2. The Labute approximate surface area is 479 Å². The molecule has 0 spiro atoms. The second-order valence-electron chi connectivity index (χ2n) is 8.72. The average molecular weight is 1060 g/mol. The van der Waals surface area contributed by atoms with Crippen LogP contribution in [0.3, 0.4) is 0 Å². The Bertz CT molecular complexity index is 1760. The van der Waals surface area contributed by atoms with Gasteiger partial charge in [-0.1, -0.05) is 134 Å². The molecule has 0 fully saturated rings. The molecule has 0 bridgehead atoms. The molecule has 3 aromatic carbocycles. The van der Waals surface area contributed by atoms with Crippen molar-refractivity contribution in [2.75, 3.05) is 17.6 Å². The fourth-order valence-electron chi connectivity index (χ4n) is 3.95. The van der Waals surface area contributed by atoms with Crippen LogP contribution in [-0.2, 0) is 9.68 Å². The Morgan fingerprint density at radius 3 is 1.45 bits per heavy atom. The molecule has 1 N–H and O–H groups in total. The molecular weight excluding hydrogens is 1020 g/mol. The SMILES string of the molecule is C.C.CCI.CCOc1cnc(Cl)c2ccccc12.CCOc1cnc(F)c2ccccc12.O=CO[O-].Oc1cnc(Cl)c2ccccc12.[Cs+].[F-].[H-].[K+].[K+]. The van der Waals surface area contributed by atoms with Crippen LogP contribution in [0.4, 0.5) is 4.39 Å². The van der Waals surface area contributed by atoms with Gasteiger partial charge in [0, 0.05) is 32.3 Å². The fourth-order valence-corrected chi connectivity index (χ4v) is 4.38. The molecule has 0 amide bonds. The summed E-state index contributed by atoms with van der Waals surface area (Å²) in [6.45, 7) is 6.95. The quantitative estimate of drug-likeness (QED) is 0.0395. The first-order valence-corrected chi connectivity index (χ1v) is 16.4. The molecule has 6 aromatic rings. The number of halogens is 5. The monoisotopic (exact) mass is 1060 g/mol. The van der Waals surface area contributed by atoms with Gasteiger partial charge in [-0.3, -0.25) is 4.79 Å². The maximum Gasteiger partial charge on any atom is 1.00 e. The van der Waals surface area contributed by atoms with Gasteiger partial charge in [0.05, 0.1) is 31.8 Å². The van der Waals surface area contributed by atoms with Gasteiger partial charge in [0.2, 0.25) is 5.95 Å². The number of alkyl halides is 1. The van der Waals surface area contributed by atoms with Crippen LogP contribution in [0.2, 0.25) is 10.3 Å². The molecule has 3 heterocycles. The Kier molecular flexibility index (Phi) is 44.8. The number of pyridine rings is 3. The summed E-state index contributed by atoms with van der Waals surface area (Å²) >= 11 is 14.1. The zero-order valence-electron chi connectivity index (χ0n) is 30.1. The summed E-state index contributed by atoms with van der Waals surface area (Å²) in [5.74, 6) is 1.12. The number of benzene rings is 3. The first-order chi connectivity index (χ1) is 22.8. The Hall–Kier alpha value is 1.21. The van der Waals surface area contributed by atoms with Gasteiger partial charge in [0.1, 0.15) is 27.6 Å². The predicted octanol–water partition coefficient (Wildman–Crippen LogP) is -2.07. The number of hydrogen-bond donors (Lipinski definition) is 1. The molecule has 0 aliphatic rings. The van der Waals surface area contributed by atoms with Crippen LogP contribution in [0.25, 0.3) is 32.3 Å². The first kappa shape index (κ1) is 63.4.